The third-order valence-electron chi connectivity index (χ3n) is 9.03. The van der Waals surface area contributed by atoms with E-state index < -0.39 is 29.6 Å². The van der Waals surface area contributed by atoms with Crippen molar-refractivity contribution >= 4 is 35.4 Å². The smallest absolute Gasteiger partial charge is 0.326 e. The molecule has 5 nitrogen and oxygen atoms in total. The molecule has 254 valence electrons. The van der Waals surface area contributed by atoms with Gasteiger partial charge in [0.2, 0.25) is 0 Å². The maximum Gasteiger partial charge on any atom is 0.326 e. The predicted octanol–water partition coefficient (Wildman–Crippen LogP) is 8.97. The molecule has 0 saturated heterocycles. The van der Waals surface area contributed by atoms with Crippen LogP contribution in [-0.4, -0.2) is 57.5 Å². The van der Waals surface area contributed by atoms with Crippen LogP contribution in [0.1, 0.15) is 78.9 Å². The summed E-state index contributed by atoms with van der Waals surface area (Å²) in [6.45, 7) is 5.08. The lowest BCUT2D eigenvalue weighted by Gasteiger charge is -2.35. The number of nitrogens with one attached hydrogen (secondary N) is 1. The Labute approximate surface area is 287 Å². The summed E-state index contributed by atoms with van der Waals surface area (Å²) in [6, 6.07) is 16.6. The highest BCUT2D eigenvalue weighted by molar-refractivity contribution is 7.99. The van der Waals surface area contributed by atoms with Gasteiger partial charge in [0.15, 0.2) is 0 Å². The molecule has 0 bridgehead atoms. The first-order chi connectivity index (χ1) is 22.7. The van der Waals surface area contributed by atoms with Gasteiger partial charge in [-0.3, -0.25) is 9.69 Å². The van der Waals surface area contributed by atoms with Crippen LogP contribution >= 0.6 is 23.5 Å². The van der Waals surface area contributed by atoms with Gasteiger partial charge < -0.3 is 10.4 Å². The van der Waals surface area contributed by atoms with E-state index in [0.717, 1.165) is 46.2 Å². The third-order valence-corrected chi connectivity index (χ3v) is 10.7. The number of aliphatic carboxylic acids is 1. The molecule has 9 heteroatoms. The number of carboxylic acids is 1. The summed E-state index contributed by atoms with van der Waals surface area (Å²) in [5, 5.41) is 12.5. The molecule has 0 heterocycles. The van der Waals surface area contributed by atoms with E-state index in [-0.39, 0.29) is 6.04 Å². The molecule has 0 aliphatic heterocycles. The number of carboxylic acid groups (broad SMARTS) is 1. The number of hydrogen-bond donors (Lipinski definition) is 2. The highest BCUT2D eigenvalue weighted by atomic mass is 32.2. The fourth-order valence-corrected chi connectivity index (χ4v) is 7.91. The molecule has 1 aliphatic carbocycles. The van der Waals surface area contributed by atoms with Crippen molar-refractivity contribution in [1.29, 1.82) is 0 Å². The molecule has 1 aliphatic rings. The minimum Gasteiger partial charge on any atom is -0.480 e. The van der Waals surface area contributed by atoms with Crippen molar-refractivity contribution in [3.05, 3.63) is 94.6 Å². The molecule has 4 rings (SSSR count). The first-order valence-electron chi connectivity index (χ1n) is 16.7. The van der Waals surface area contributed by atoms with E-state index in [1.165, 1.54) is 56.0 Å². The second kappa shape index (κ2) is 18.6. The molecular weight excluding hydrogens is 635 g/mol. The van der Waals surface area contributed by atoms with Crippen molar-refractivity contribution in [3.8, 4) is 11.1 Å². The Kier molecular flexibility index (Phi) is 14.6. The summed E-state index contributed by atoms with van der Waals surface area (Å²) in [7, 11) is 0. The van der Waals surface area contributed by atoms with Crippen molar-refractivity contribution in [2.45, 2.75) is 84.0 Å². The van der Waals surface area contributed by atoms with Gasteiger partial charge in [-0.2, -0.15) is 23.5 Å². The van der Waals surface area contributed by atoms with E-state index in [1.54, 1.807) is 6.07 Å². The average molecular weight is 683 g/mol. The van der Waals surface area contributed by atoms with E-state index in [4.69, 9.17) is 0 Å². The Hall–Kier alpha value is -2.88. The molecule has 1 fully saturated rings. The Morgan fingerprint density at radius 1 is 0.957 bits per heavy atom. The standard InChI is InChI=1S/C38H48F2N2O3S2/c1-4-47-25-32(20-27-11-6-5-7-12-27)42(24-29-18-30(39)22-31(40)19-29)23-28-14-15-34(35(21-28)33-13-9-8-10-26(33)2)37(43)41-36(38(44)45)16-17-46-3/h8-10,13-15,18-19,21-22,27,32,36H,4-7,11-12,16-17,20,23-25H2,1-3H3,(H,41,43)(H,44,45)/t32-,36-/m0/s1. The van der Waals surface area contributed by atoms with E-state index in [9.17, 15) is 23.5 Å². The van der Waals surface area contributed by atoms with Crippen molar-refractivity contribution in [2.75, 3.05) is 23.5 Å². The highest BCUT2D eigenvalue weighted by Gasteiger charge is 2.27. The summed E-state index contributed by atoms with van der Waals surface area (Å²) in [5.41, 5.74) is 4.61. The van der Waals surface area contributed by atoms with Gasteiger partial charge >= 0.3 is 5.97 Å². The minimum absolute atomic E-state index is 0.201. The molecule has 0 aromatic heterocycles. The van der Waals surface area contributed by atoms with Gasteiger partial charge in [0.25, 0.3) is 5.91 Å². The summed E-state index contributed by atoms with van der Waals surface area (Å²) < 4.78 is 28.7. The molecule has 47 heavy (non-hydrogen) atoms. The largest absolute Gasteiger partial charge is 0.480 e. The molecule has 0 unspecified atom stereocenters. The van der Waals surface area contributed by atoms with Gasteiger partial charge in [0.05, 0.1) is 0 Å². The number of hydrogen-bond acceptors (Lipinski definition) is 5. The molecule has 0 spiro atoms. The van der Waals surface area contributed by atoms with Crippen molar-refractivity contribution in [1.82, 2.24) is 10.2 Å². The van der Waals surface area contributed by atoms with Crippen molar-refractivity contribution in [3.63, 3.8) is 0 Å². The molecule has 0 radical (unpaired) electrons. The van der Waals surface area contributed by atoms with Crippen LogP contribution in [-0.2, 0) is 17.9 Å². The lowest BCUT2D eigenvalue weighted by Crippen LogP contribution is -2.41. The normalized spacial score (nSPS) is 15.0. The van der Waals surface area contributed by atoms with Gasteiger partial charge in [-0.1, -0.05) is 69.4 Å². The maximum absolute atomic E-state index is 14.4. The SMILES string of the molecule is CCSC[C@H](CC1CCCCC1)N(Cc1cc(F)cc(F)c1)Cc1ccc(C(=O)N[C@@H](CCSC)C(=O)O)c(-c2ccccc2C)c1. The van der Waals surface area contributed by atoms with Gasteiger partial charge in [-0.05, 0) is 95.5 Å². The lowest BCUT2D eigenvalue weighted by molar-refractivity contribution is -0.139. The third kappa shape index (κ3) is 11.1. The van der Waals surface area contributed by atoms with E-state index >= 15 is 0 Å². The van der Waals surface area contributed by atoms with Gasteiger partial charge in [0.1, 0.15) is 17.7 Å². The van der Waals surface area contributed by atoms with Crippen LogP contribution in [0.5, 0.6) is 0 Å². The molecule has 1 amide bonds. The zero-order chi connectivity index (χ0) is 33.8. The summed E-state index contributed by atoms with van der Waals surface area (Å²) in [6.07, 6.45) is 9.47. The summed E-state index contributed by atoms with van der Waals surface area (Å²) >= 11 is 3.43. The summed E-state index contributed by atoms with van der Waals surface area (Å²) in [4.78, 5) is 28.0. The van der Waals surface area contributed by atoms with Crippen molar-refractivity contribution < 1.29 is 23.5 Å². The number of thioether (sulfide) groups is 2. The predicted molar refractivity (Wildman–Crippen MR) is 192 cm³/mol. The molecule has 3 aromatic carbocycles. The number of nitrogens with zero attached hydrogens (tertiary/aromatic N) is 1. The number of rotatable bonds is 17. The van der Waals surface area contributed by atoms with Gasteiger partial charge in [-0.25, -0.2) is 13.6 Å². The number of benzene rings is 3. The summed E-state index contributed by atoms with van der Waals surface area (Å²) in [5.74, 6) is 0.498. The number of aryl methyl sites for hydroxylation is 1. The topological polar surface area (TPSA) is 69.6 Å². The number of carbonyl (C=O) groups excluding carboxylic acids is 1. The van der Waals surface area contributed by atoms with Crippen LogP contribution in [0.15, 0.2) is 60.7 Å². The van der Waals surface area contributed by atoms with Crippen LogP contribution in [0.2, 0.25) is 0 Å². The zero-order valence-corrected chi connectivity index (χ0v) is 29.4. The fraction of sp³-hybridized carbons (Fsp3) is 0.474. The average Bonchev–Trinajstić information content (AvgIpc) is 3.04. The number of carbonyl (C=O) groups is 2. The number of amides is 1. The molecule has 2 atom stereocenters. The highest BCUT2D eigenvalue weighted by Crippen LogP contribution is 2.33. The number of halogens is 2. The lowest BCUT2D eigenvalue weighted by atomic mass is 9.84. The Morgan fingerprint density at radius 3 is 2.32 bits per heavy atom. The zero-order valence-electron chi connectivity index (χ0n) is 27.8. The first kappa shape index (κ1) is 36.9. The van der Waals surface area contributed by atoms with Crippen LogP contribution in [0, 0.1) is 24.5 Å². The molecular formula is C38H48F2N2O3S2. The monoisotopic (exact) mass is 682 g/mol. The molecule has 3 aromatic rings. The van der Waals surface area contributed by atoms with E-state index in [0.29, 0.717) is 42.3 Å². The Balaban J connectivity index is 1.73. The van der Waals surface area contributed by atoms with Crippen molar-refractivity contribution in [2.24, 2.45) is 5.92 Å². The minimum atomic E-state index is -1.06. The first-order valence-corrected chi connectivity index (χ1v) is 19.2. The van der Waals surface area contributed by atoms with Crippen LogP contribution < -0.4 is 5.32 Å². The van der Waals surface area contributed by atoms with E-state index in [1.807, 2.05) is 61.3 Å². The van der Waals surface area contributed by atoms with Gasteiger partial charge in [-0.15, -0.1) is 0 Å². The van der Waals surface area contributed by atoms with Crippen LogP contribution in [0.3, 0.4) is 0 Å². The second-order valence-electron chi connectivity index (χ2n) is 12.6. The molecule has 2 N–H and O–H groups in total. The fourth-order valence-electron chi connectivity index (χ4n) is 6.58. The quantitative estimate of drug-likeness (QED) is 0.148. The van der Waals surface area contributed by atoms with Crippen LogP contribution in [0.4, 0.5) is 8.78 Å². The van der Waals surface area contributed by atoms with Crippen LogP contribution in [0.25, 0.3) is 11.1 Å². The van der Waals surface area contributed by atoms with E-state index in [2.05, 4.69) is 17.1 Å². The van der Waals surface area contributed by atoms with Gasteiger partial charge in [0, 0.05) is 36.5 Å². The molecule has 1 saturated carbocycles. The maximum atomic E-state index is 14.4. The Morgan fingerprint density at radius 2 is 1.66 bits per heavy atom. The Bertz CT molecular complexity index is 1460. The second-order valence-corrected chi connectivity index (χ2v) is 14.9.